The van der Waals surface area contributed by atoms with Crippen molar-refractivity contribution in [1.29, 1.82) is 0 Å². The largest absolute Gasteiger partial charge is 0.494 e. The third-order valence-corrected chi connectivity index (χ3v) is 5.30. The molecule has 0 unspecified atom stereocenters. The summed E-state index contributed by atoms with van der Waals surface area (Å²) in [5, 5.41) is 3.92. The number of hydrogen-bond acceptors (Lipinski definition) is 5. The first-order valence-corrected chi connectivity index (χ1v) is 11.1. The van der Waals surface area contributed by atoms with E-state index in [-0.39, 0.29) is 5.56 Å². The molecule has 4 aromatic rings. The van der Waals surface area contributed by atoms with Gasteiger partial charge in [-0.05, 0) is 79.8 Å². The molecule has 0 spiro atoms. The summed E-state index contributed by atoms with van der Waals surface area (Å²) >= 11 is 8.78. The molecule has 162 valence electrons. The number of ether oxygens (including phenoxy) is 1. The van der Waals surface area contributed by atoms with Gasteiger partial charge in [0.1, 0.15) is 5.75 Å². The monoisotopic (exact) mass is 509 g/mol. The lowest BCUT2D eigenvalue weighted by Crippen LogP contribution is -2.36. The molecule has 3 aromatic carbocycles. The quantitative estimate of drug-likeness (QED) is 0.253. The Morgan fingerprint density at radius 2 is 1.78 bits per heavy atom. The lowest BCUT2D eigenvalue weighted by molar-refractivity contribution is 0.340. The van der Waals surface area contributed by atoms with E-state index in [9.17, 15) is 4.79 Å². The summed E-state index contributed by atoms with van der Waals surface area (Å²) in [5.41, 5.74) is 7.73. The second kappa shape index (κ2) is 9.80. The molecule has 3 N–H and O–H groups in total. The fraction of sp³-hybridized carbons (Fsp3) is 0.0870. The molecule has 0 fully saturated rings. The third kappa shape index (κ3) is 4.90. The van der Waals surface area contributed by atoms with Crippen LogP contribution in [0.5, 0.6) is 5.75 Å². The molecule has 1 heterocycles. The van der Waals surface area contributed by atoms with Crippen LogP contribution in [0.15, 0.2) is 82.1 Å². The average Bonchev–Trinajstić information content (AvgIpc) is 2.80. The maximum atomic E-state index is 13.3. The van der Waals surface area contributed by atoms with Gasteiger partial charge in [-0.25, -0.2) is 9.55 Å². The van der Waals surface area contributed by atoms with Crippen LogP contribution in [0, 0.1) is 0 Å². The number of hydrazine groups is 1. The van der Waals surface area contributed by atoms with Crippen molar-refractivity contribution in [1.82, 2.24) is 15.0 Å². The van der Waals surface area contributed by atoms with Crippen molar-refractivity contribution in [2.24, 2.45) is 0 Å². The highest BCUT2D eigenvalue weighted by atomic mass is 79.9. The van der Waals surface area contributed by atoms with E-state index in [1.54, 1.807) is 12.1 Å². The number of rotatable bonds is 6. The van der Waals surface area contributed by atoms with Gasteiger partial charge in [-0.1, -0.05) is 28.1 Å². The normalized spacial score (nSPS) is 10.6. The van der Waals surface area contributed by atoms with Gasteiger partial charge < -0.3 is 10.1 Å². The Bertz CT molecular complexity index is 1310. The number of halogens is 1. The summed E-state index contributed by atoms with van der Waals surface area (Å²) in [6.07, 6.45) is 0. The topological polar surface area (TPSA) is 80.2 Å². The van der Waals surface area contributed by atoms with Crippen LogP contribution in [0.3, 0.4) is 0 Å². The molecule has 0 aliphatic heterocycles. The van der Waals surface area contributed by atoms with Gasteiger partial charge in [-0.15, -0.1) is 0 Å². The number of nitrogens with zero attached hydrogens (tertiary/aromatic N) is 2. The minimum absolute atomic E-state index is 0.198. The maximum Gasteiger partial charge on any atom is 0.267 e. The average molecular weight is 510 g/mol. The van der Waals surface area contributed by atoms with Crippen molar-refractivity contribution in [2.45, 2.75) is 6.92 Å². The second-order valence-corrected chi connectivity index (χ2v) is 8.05. The highest BCUT2D eigenvalue weighted by Gasteiger charge is 2.13. The summed E-state index contributed by atoms with van der Waals surface area (Å²) in [5.74, 6) is 1.03. The Morgan fingerprint density at radius 1 is 1.06 bits per heavy atom. The van der Waals surface area contributed by atoms with Crippen LogP contribution < -0.4 is 26.5 Å². The summed E-state index contributed by atoms with van der Waals surface area (Å²) in [4.78, 5) is 17.9. The van der Waals surface area contributed by atoms with Gasteiger partial charge in [0, 0.05) is 10.2 Å². The number of nitrogens with one attached hydrogen (secondary N) is 3. The zero-order valence-electron chi connectivity index (χ0n) is 17.1. The molecule has 0 bridgehead atoms. The van der Waals surface area contributed by atoms with Crippen LogP contribution in [0.2, 0.25) is 0 Å². The Kier molecular flexibility index (Phi) is 6.67. The number of benzene rings is 3. The van der Waals surface area contributed by atoms with Gasteiger partial charge in [0.25, 0.3) is 5.56 Å². The zero-order valence-corrected chi connectivity index (χ0v) is 19.5. The predicted octanol–water partition coefficient (Wildman–Crippen LogP) is 4.86. The molecular formula is C23H20BrN5O2S. The predicted molar refractivity (Wildman–Crippen MR) is 136 cm³/mol. The number of para-hydroxylation sites is 1. The molecule has 0 aliphatic rings. The molecule has 7 nitrogen and oxygen atoms in total. The van der Waals surface area contributed by atoms with Crippen molar-refractivity contribution >= 4 is 55.8 Å². The summed E-state index contributed by atoms with van der Waals surface area (Å²) < 4.78 is 7.98. The zero-order chi connectivity index (χ0) is 22.5. The molecule has 0 radical (unpaired) electrons. The van der Waals surface area contributed by atoms with Crippen LogP contribution in [-0.2, 0) is 0 Å². The van der Waals surface area contributed by atoms with E-state index in [0.717, 1.165) is 15.9 Å². The Morgan fingerprint density at radius 3 is 2.50 bits per heavy atom. The number of hydrogen-bond donors (Lipinski definition) is 3. The van der Waals surface area contributed by atoms with Gasteiger partial charge in [-0.3, -0.25) is 15.6 Å². The number of thiocarbonyl (C=S) groups is 1. The first-order chi connectivity index (χ1) is 15.5. The van der Waals surface area contributed by atoms with Crippen LogP contribution >= 0.6 is 28.1 Å². The van der Waals surface area contributed by atoms with Gasteiger partial charge in [-0.2, -0.15) is 0 Å². The lowest BCUT2D eigenvalue weighted by atomic mass is 10.2. The van der Waals surface area contributed by atoms with E-state index in [0.29, 0.717) is 34.3 Å². The van der Waals surface area contributed by atoms with Gasteiger partial charge in [0.2, 0.25) is 5.95 Å². The van der Waals surface area contributed by atoms with E-state index in [2.05, 4.69) is 37.1 Å². The summed E-state index contributed by atoms with van der Waals surface area (Å²) in [6, 6.07) is 22.1. The number of fused-ring (bicyclic) bond motifs is 1. The van der Waals surface area contributed by atoms with E-state index >= 15 is 0 Å². The van der Waals surface area contributed by atoms with Crippen molar-refractivity contribution in [3.05, 3.63) is 87.6 Å². The number of aromatic nitrogens is 2. The fourth-order valence-electron chi connectivity index (χ4n) is 3.12. The maximum absolute atomic E-state index is 13.3. The van der Waals surface area contributed by atoms with Gasteiger partial charge >= 0.3 is 0 Å². The van der Waals surface area contributed by atoms with Crippen molar-refractivity contribution < 1.29 is 4.74 Å². The second-order valence-electron chi connectivity index (χ2n) is 6.73. The minimum Gasteiger partial charge on any atom is -0.494 e. The summed E-state index contributed by atoms with van der Waals surface area (Å²) in [7, 11) is 0. The van der Waals surface area contributed by atoms with Crippen molar-refractivity contribution in [3.63, 3.8) is 0 Å². The van der Waals surface area contributed by atoms with Crippen LogP contribution in [0.4, 0.5) is 11.6 Å². The lowest BCUT2D eigenvalue weighted by Gasteiger charge is -2.17. The molecule has 1 aromatic heterocycles. The SMILES string of the molecule is CCOc1ccc(-n2c(NNC(=S)Nc3ccc(Br)cc3)nc3ccccc3c2=O)cc1. The molecule has 0 aliphatic carbocycles. The van der Waals surface area contributed by atoms with Crippen LogP contribution in [-0.4, -0.2) is 21.3 Å². The van der Waals surface area contributed by atoms with Crippen molar-refractivity contribution in [2.75, 3.05) is 17.3 Å². The molecule has 9 heteroatoms. The van der Waals surface area contributed by atoms with Crippen LogP contribution in [0.1, 0.15) is 6.92 Å². The standard InChI is InChI=1S/C23H20BrN5O2S/c1-2-31-18-13-11-17(12-14-18)29-21(30)19-5-3-4-6-20(19)26-22(29)27-28-23(32)25-16-9-7-15(24)8-10-16/h3-14H,2H2,1H3,(H,26,27)(H2,25,28,32). The van der Waals surface area contributed by atoms with Crippen LogP contribution in [0.25, 0.3) is 16.6 Å². The highest BCUT2D eigenvalue weighted by molar-refractivity contribution is 9.10. The third-order valence-electron chi connectivity index (χ3n) is 4.57. The Balaban J connectivity index is 1.64. The van der Waals surface area contributed by atoms with E-state index in [1.807, 2.05) is 67.6 Å². The number of anilines is 2. The minimum atomic E-state index is -0.198. The van der Waals surface area contributed by atoms with E-state index < -0.39 is 0 Å². The molecule has 0 amide bonds. The van der Waals surface area contributed by atoms with E-state index in [4.69, 9.17) is 17.0 Å². The van der Waals surface area contributed by atoms with Gasteiger partial charge in [0.15, 0.2) is 5.11 Å². The molecule has 32 heavy (non-hydrogen) atoms. The Labute approximate surface area is 198 Å². The molecular weight excluding hydrogens is 490 g/mol. The highest BCUT2D eigenvalue weighted by Crippen LogP contribution is 2.19. The first kappa shape index (κ1) is 21.8. The fourth-order valence-corrected chi connectivity index (χ4v) is 3.56. The van der Waals surface area contributed by atoms with Crippen molar-refractivity contribution in [3.8, 4) is 11.4 Å². The first-order valence-electron chi connectivity index (χ1n) is 9.89. The van der Waals surface area contributed by atoms with Gasteiger partial charge in [0.05, 0.1) is 23.2 Å². The molecule has 0 saturated heterocycles. The molecule has 0 saturated carbocycles. The summed E-state index contributed by atoms with van der Waals surface area (Å²) in [6.45, 7) is 2.49. The molecule has 0 atom stereocenters. The van der Waals surface area contributed by atoms with E-state index in [1.165, 1.54) is 4.57 Å². The smallest absolute Gasteiger partial charge is 0.267 e. The Hall–Kier alpha value is -3.43. The molecule has 4 rings (SSSR count).